The first-order chi connectivity index (χ1) is 15.0. The molecule has 2 aliphatic heterocycles. The van der Waals surface area contributed by atoms with Gasteiger partial charge in [-0.1, -0.05) is 30.3 Å². The van der Waals surface area contributed by atoms with Gasteiger partial charge in [-0.15, -0.1) is 0 Å². The number of carbonyl (C=O) groups excluding carboxylic acids is 2. The standard InChI is InChI=1S/C24H21N3O4/c1-31-18-6-4-5-15(12-18)21-24(19-7-2-3-8-20(19)26-23(24)30)9-10-27(21)22(29)16-11-17(28)14-25-13-16/h2-8,11-14,21,28H,9-10H2,1H3,(H,26,30). The van der Waals surface area contributed by atoms with Gasteiger partial charge in [0.1, 0.15) is 16.9 Å². The Morgan fingerprint density at radius 2 is 2.03 bits per heavy atom. The minimum Gasteiger partial charge on any atom is -0.506 e. The Bertz CT molecular complexity index is 1190. The third-order valence-corrected chi connectivity index (χ3v) is 6.23. The summed E-state index contributed by atoms with van der Waals surface area (Å²) in [6, 6.07) is 16.0. The molecule has 156 valence electrons. The van der Waals surface area contributed by atoms with Crippen LogP contribution in [0.5, 0.6) is 11.5 Å². The van der Waals surface area contributed by atoms with Crippen molar-refractivity contribution >= 4 is 17.5 Å². The number of methoxy groups -OCH3 is 1. The molecule has 1 fully saturated rings. The minimum atomic E-state index is -0.914. The third-order valence-electron chi connectivity index (χ3n) is 6.23. The van der Waals surface area contributed by atoms with Gasteiger partial charge in [0.15, 0.2) is 0 Å². The highest BCUT2D eigenvalue weighted by Gasteiger charge is 2.59. The van der Waals surface area contributed by atoms with E-state index in [2.05, 4.69) is 10.3 Å². The molecule has 0 saturated carbocycles. The zero-order chi connectivity index (χ0) is 21.6. The second-order valence-corrected chi connectivity index (χ2v) is 7.83. The second-order valence-electron chi connectivity index (χ2n) is 7.83. The zero-order valence-electron chi connectivity index (χ0n) is 16.9. The lowest BCUT2D eigenvalue weighted by molar-refractivity contribution is -0.121. The molecule has 3 aromatic rings. The fraction of sp³-hybridized carbons (Fsp3) is 0.208. The van der Waals surface area contributed by atoms with Crippen LogP contribution in [0.3, 0.4) is 0 Å². The van der Waals surface area contributed by atoms with Crippen LogP contribution in [-0.4, -0.2) is 40.5 Å². The van der Waals surface area contributed by atoms with E-state index in [1.165, 1.54) is 18.5 Å². The van der Waals surface area contributed by atoms with Gasteiger partial charge in [-0.2, -0.15) is 0 Å². The van der Waals surface area contributed by atoms with Crippen molar-refractivity contribution in [1.29, 1.82) is 0 Å². The summed E-state index contributed by atoms with van der Waals surface area (Å²) in [5.41, 5.74) is 1.83. The van der Waals surface area contributed by atoms with Crippen molar-refractivity contribution in [3.8, 4) is 11.5 Å². The lowest BCUT2D eigenvalue weighted by Gasteiger charge is -2.34. The van der Waals surface area contributed by atoms with Gasteiger partial charge in [0.25, 0.3) is 5.91 Å². The van der Waals surface area contributed by atoms with E-state index in [1.54, 1.807) is 12.0 Å². The fourth-order valence-corrected chi connectivity index (χ4v) is 4.89. The summed E-state index contributed by atoms with van der Waals surface area (Å²) in [5, 5.41) is 12.8. The number of amides is 2. The molecule has 7 nitrogen and oxygen atoms in total. The number of para-hydroxylation sites is 1. The summed E-state index contributed by atoms with van der Waals surface area (Å²) in [4.78, 5) is 32.6. The molecule has 5 rings (SSSR count). The number of hydrogen-bond acceptors (Lipinski definition) is 5. The Morgan fingerprint density at radius 1 is 1.19 bits per heavy atom. The molecule has 2 N–H and O–H groups in total. The van der Waals surface area contributed by atoms with Crippen LogP contribution in [0.2, 0.25) is 0 Å². The van der Waals surface area contributed by atoms with Crippen molar-refractivity contribution in [2.24, 2.45) is 0 Å². The van der Waals surface area contributed by atoms with E-state index in [9.17, 15) is 14.7 Å². The van der Waals surface area contributed by atoms with Crippen molar-refractivity contribution in [2.75, 3.05) is 19.0 Å². The number of nitrogens with zero attached hydrogens (tertiary/aromatic N) is 2. The molecular formula is C24H21N3O4. The Balaban J connectivity index is 1.68. The summed E-state index contributed by atoms with van der Waals surface area (Å²) < 4.78 is 5.41. The smallest absolute Gasteiger partial charge is 0.256 e. The van der Waals surface area contributed by atoms with Crippen molar-refractivity contribution < 1.29 is 19.4 Å². The summed E-state index contributed by atoms with van der Waals surface area (Å²) >= 11 is 0. The van der Waals surface area contributed by atoms with E-state index >= 15 is 0 Å². The first-order valence-corrected chi connectivity index (χ1v) is 10.0. The second kappa shape index (κ2) is 7.12. The Kier molecular flexibility index (Phi) is 4.39. The monoisotopic (exact) mass is 415 g/mol. The maximum Gasteiger partial charge on any atom is 0.256 e. The van der Waals surface area contributed by atoms with Gasteiger partial charge >= 0.3 is 0 Å². The lowest BCUT2D eigenvalue weighted by Crippen LogP contribution is -2.42. The van der Waals surface area contributed by atoms with Gasteiger partial charge in [0.05, 0.1) is 24.9 Å². The number of fused-ring (bicyclic) bond motifs is 2. The number of likely N-dealkylation sites (tertiary alicyclic amines) is 1. The Hall–Kier alpha value is -3.87. The predicted octanol–water partition coefficient (Wildman–Crippen LogP) is 3.27. The number of nitrogens with one attached hydrogen (secondary N) is 1. The number of benzene rings is 2. The number of ether oxygens (including phenoxy) is 1. The van der Waals surface area contributed by atoms with Crippen molar-refractivity contribution in [3.05, 3.63) is 83.7 Å². The van der Waals surface area contributed by atoms with Crippen LogP contribution in [0.1, 0.15) is 33.9 Å². The van der Waals surface area contributed by atoms with E-state index in [0.717, 1.165) is 16.8 Å². The van der Waals surface area contributed by atoms with Crippen LogP contribution >= 0.6 is 0 Å². The average Bonchev–Trinajstić information content (AvgIpc) is 3.32. The SMILES string of the molecule is COc1cccc(C2N(C(=O)c3cncc(O)c3)CCC23C(=O)Nc2ccccc23)c1. The molecule has 0 aliphatic carbocycles. The largest absolute Gasteiger partial charge is 0.506 e. The summed E-state index contributed by atoms with van der Waals surface area (Å²) in [6.45, 7) is 0.387. The number of rotatable bonds is 3. The number of hydrogen-bond donors (Lipinski definition) is 2. The molecule has 0 bridgehead atoms. The molecule has 31 heavy (non-hydrogen) atoms. The molecule has 1 saturated heterocycles. The molecule has 3 heterocycles. The summed E-state index contributed by atoms with van der Waals surface area (Å²) in [7, 11) is 1.59. The molecular weight excluding hydrogens is 394 g/mol. The Labute approximate surface area is 179 Å². The summed E-state index contributed by atoms with van der Waals surface area (Å²) in [5.74, 6) is 0.162. The topological polar surface area (TPSA) is 91.8 Å². The van der Waals surface area contributed by atoms with Crippen LogP contribution in [-0.2, 0) is 10.2 Å². The van der Waals surface area contributed by atoms with Crippen LogP contribution in [0.25, 0.3) is 0 Å². The van der Waals surface area contributed by atoms with Crippen molar-refractivity contribution in [1.82, 2.24) is 9.88 Å². The van der Waals surface area contributed by atoms with Crippen molar-refractivity contribution in [2.45, 2.75) is 17.9 Å². The molecule has 1 aromatic heterocycles. The molecule has 2 aliphatic rings. The predicted molar refractivity (Wildman–Crippen MR) is 114 cm³/mol. The van der Waals surface area contributed by atoms with Gasteiger partial charge in [0, 0.05) is 18.4 Å². The van der Waals surface area contributed by atoms with E-state index in [1.807, 2.05) is 48.5 Å². The normalized spacial score (nSPS) is 21.8. The maximum atomic E-state index is 13.5. The van der Waals surface area contributed by atoms with Crippen LogP contribution in [0.4, 0.5) is 5.69 Å². The van der Waals surface area contributed by atoms with Crippen LogP contribution in [0.15, 0.2) is 67.0 Å². The fourth-order valence-electron chi connectivity index (χ4n) is 4.89. The first-order valence-electron chi connectivity index (χ1n) is 10.0. The Morgan fingerprint density at radius 3 is 2.84 bits per heavy atom. The van der Waals surface area contributed by atoms with E-state index in [4.69, 9.17) is 4.74 Å². The highest BCUT2D eigenvalue weighted by atomic mass is 16.5. The number of pyridine rings is 1. The van der Waals surface area contributed by atoms with Gasteiger partial charge in [-0.3, -0.25) is 14.6 Å². The highest BCUT2D eigenvalue weighted by molar-refractivity contribution is 6.08. The maximum absolute atomic E-state index is 13.5. The number of aromatic nitrogens is 1. The molecule has 7 heteroatoms. The van der Waals surface area contributed by atoms with E-state index in [-0.39, 0.29) is 23.1 Å². The average molecular weight is 415 g/mol. The highest BCUT2D eigenvalue weighted by Crippen LogP contribution is 2.55. The van der Waals surface area contributed by atoms with Gasteiger partial charge < -0.3 is 20.1 Å². The number of carbonyl (C=O) groups is 2. The molecule has 2 unspecified atom stereocenters. The lowest BCUT2D eigenvalue weighted by atomic mass is 9.72. The molecule has 1 spiro atoms. The van der Waals surface area contributed by atoms with Crippen LogP contribution < -0.4 is 10.1 Å². The number of aromatic hydroxyl groups is 1. The number of anilines is 1. The first kappa shape index (κ1) is 19.1. The van der Waals surface area contributed by atoms with Crippen LogP contribution in [0, 0.1) is 0 Å². The quantitative estimate of drug-likeness (QED) is 0.685. The molecule has 0 radical (unpaired) electrons. The van der Waals surface area contributed by atoms with E-state index < -0.39 is 11.5 Å². The molecule has 2 aromatic carbocycles. The molecule has 2 amide bonds. The third kappa shape index (κ3) is 2.84. The van der Waals surface area contributed by atoms with Gasteiger partial charge in [-0.05, 0) is 41.8 Å². The van der Waals surface area contributed by atoms with Gasteiger partial charge in [-0.25, -0.2) is 0 Å². The van der Waals surface area contributed by atoms with Gasteiger partial charge in [0.2, 0.25) is 5.91 Å². The summed E-state index contributed by atoms with van der Waals surface area (Å²) in [6.07, 6.45) is 3.19. The minimum absolute atomic E-state index is 0.0818. The molecule has 2 atom stereocenters. The zero-order valence-corrected chi connectivity index (χ0v) is 16.9. The van der Waals surface area contributed by atoms with Crippen molar-refractivity contribution in [3.63, 3.8) is 0 Å². The van der Waals surface area contributed by atoms with E-state index in [0.29, 0.717) is 18.7 Å².